The molecule has 3 aliphatic rings. The standard InChI is InChI=1S/C21H27N5O4/c1-3-17-23-24-19-20(28)25(15-10-6-7-11-16(15)26(17)19)12-18(27)22-14-9-5-4-8-13(14)21(29)30-2/h4-5,8-9,15-16,19,24H,3,6-7,10-12H2,1-2H3,(H,22,27). The number of ether oxygens (including phenoxy) is 1. The zero-order chi connectivity index (χ0) is 21.3. The van der Waals surface area contributed by atoms with Gasteiger partial charge in [0.15, 0.2) is 6.17 Å². The summed E-state index contributed by atoms with van der Waals surface area (Å²) in [6.45, 7) is 1.97. The highest BCUT2D eigenvalue weighted by atomic mass is 16.5. The van der Waals surface area contributed by atoms with Gasteiger partial charge in [-0.3, -0.25) is 15.0 Å². The molecule has 4 rings (SSSR count). The van der Waals surface area contributed by atoms with Gasteiger partial charge in [0.2, 0.25) is 5.91 Å². The molecule has 0 aromatic heterocycles. The lowest BCUT2D eigenvalue weighted by Gasteiger charge is -2.51. The van der Waals surface area contributed by atoms with Crippen LogP contribution in [0, 0.1) is 0 Å². The number of nitrogens with zero attached hydrogens (tertiary/aromatic N) is 3. The van der Waals surface area contributed by atoms with Crippen molar-refractivity contribution < 1.29 is 19.1 Å². The van der Waals surface area contributed by atoms with Crippen LogP contribution in [0.5, 0.6) is 0 Å². The molecule has 9 heteroatoms. The summed E-state index contributed by atoms with van der Waals surface area (Å²) < 4.78 is 4.78. The van der Waals surface area contributed by atoms with E-state index in [-0.39, 0.29) is 36.0 Å². The van der Waals surface area contributed by atoms with Gasteiger partial charge in [0.1, 0.15) is 12.4 Å². The molecule has 2 N–H and O–H groups in total. The predicted octanol–water partition coefficient (Wildman–Crippen LogP) is 1.52. The van der Waals surface area contributed by atoms with Crippen molar-refractivity contribution in [1.29, 1.82) is 0 Å². The molecule has 2 amide bonds. The van der Waals surface area contributed by atoms with E-state index in [0.717, 1.165) is 37.9 Å². The SMILES string of the molecule is CCC1=NNC2C(=O)N(CC(=O)Nc3ccccc3C(=O)OC)C3CCCCC3N12. The van der Waals surface area contributed by atoms with Gasteiger partial charge in [0, 0.05) is 6.42 Å². The Morgan fingerprint density at radius 1 is 1.23 bits per heavy atom. The monoisotopic (exact) mass is 413 g/mol. The number of benzene rings is 1. The molecule has 1 saturated heterocycles. The maximum atomic E-state index is 13.2. The number of amidine groups is 1. The Balaban J connectivity index is 1.52. The number of methoxy groups -OCH3 is 1. The van der Waals surface area contributed by atoms with Crippen molar-refractivity contribution in [2.45, 2.75) is 57.3 Å². The number of hydrogen-bond donors (Lipinski definition) is 2. The van der Waals surface area contributed by atoms with Crippen LogP contribution >= 0.6 is 0 Å². The van der Waals surface area contributed by atoms with Gasteiger partial charge in [0.05, 0.1) is 30.4 Å². The van der Waals surface area contributed by atoms with Gasteiger partial charge in [-0.15, -0.1) is 0 Å². The molecule has 1 aromatic carbocycles. The number of piperazine rings is 1. The van der Waals surface area contributed by atoms with E-state index in [0.29, 0.717) is 5.69 Å². The van der Waals surface area contributed by atoms with Gasteiger partial charge >= 0.3 is 5.97 Å². The Kier molecular flexibility index (Phi) is 5.61. The number of carbonyl (C=O) groups excluding carboxylic acids is 3. The lowest BCUT2D eigenvalue weighted by Crippen LogP contribution is -2.69. The number of rotatable bonds is 5. The Hall–Kier alpha value is -3.10. The van der Waals surface area contributed by atoms with Gasteiger partial charge in [-0.05, 0) is 25.0 Å². The van der Waals surface area contributed by atoms with Crippen LogP contribution < -0.4 is 10.7 Å². The summed E-state index contributed by atoms with van der Waals surface area (Å²) in [5, 5.41) is 7.13. The molecule has 9 nitrogen and oxygen atoms in total. The van der Waals surface area contributed by atoms with Crippen LogP contribution in [-0.4, -0.2) is 65.3 Å². The van der Waals surface area contributed by atoms with Gasteiger partial charge < -0.3 is 19.9 Å². The summed E-state index contributed by atoms with van der Waals surface area (Å²) in [5.74, 6) is -0.0995. The smallest absolute Gasteiger partial charge is 0.339 e. The minimum absolute atomic E-state index is 0.0271. The molecule has 3 atom stereocenters. The molecule has 160 valence electrons. The molecule has 30 heavy (non-hydrogen) atoms. The number of fused-ring (bicyclic) bond motifs is 3. The summed E-state index contributed by atoms with van der Waals surface area (Å²) in [4.78, 5) is 41.8. The van der Waals surface area contributed by atoms with Crippen molar-refractivity contribution in [1.82, 2.24) is 15.2 Å². The first-order valence-corrected chi connectivity index (χ1v) is 10.4. The van der Waals surface area contributed by atoms with E-state index in [9.17, 15) is 14.4 Å². The number of hydrogen-bond acceptors (Lipinski definition) is 7. The molecule has 1 saturated carbocycles. The fourth-order valence-corrected chi connectivity index (χ4v) is 4.74. The highest BCUT2D eigenvalue weighted by Gasteiger charge is 2.50. The largest absolute Gasteiger partial charge is 0.465 e. The minimum Gasteiger partial charge on any atom is -0.465 e. The van der Waals surface area contributed by atoms with Crippen molar-refractivity contribution in [3.63, 3.8) is 0 Å². The fourth-order valence-electron chi connectivity index (χ4n) is 4.74. The van der Waals surface area contributed by atoms with E-state index in [1.165, 1.54) is 7.11 Å². The molecular formula is C21H27N5O4. The second-order valence-electron chi connectivity index (χ2n) is 7.79. The van der Waals surface area contributed by atoms with E-state index in [1.54, 1.807) is 29.2 Å². The molecule has 2 aliphatic heterocycles. The minimum atomic E-state index is -0.547. The van der Waals surface area contributed by atoms with Crippen molar-refractivity contribution in [3.8, 4) is 0 Å². The molecule has 1 aromatic rings. The van der Waals surface area contributed by atoms with Gasteiger partial charge in [-0.25, -0.2) is 4.79 Å². The Bertz CT molecular complexity index is 886. The third-order valence-corrected chi connectivity index (χ3v) is 6.10. The van der Waals surface area contributed by atoms with E-state index in [2.05, 4.69) is 20.7 Å². The first-order chi connectivity index (χ1) is 14.5. The van der Waals surface area contributed by atoms with E-state index >= 15 is 0 Å². The average molecular weight is 413 g/mol. The van der Waals surface area contributed by atoms with Crippen molar-refractivity contribution in [3.05, 3.63) is 29.8 Å². The molecule has 2 heterocycles. The van der Waals surface area contributed by atoms with Gasteiger partial charge in [0.25, 0.3) is 5.91 Å². The Morgan fingerprint density at radius 3 is 2.70 bits per heavy atom. The van der Waals surface area contributed by atoms with E-state index in [4.69, 9.17) is 4.74 Å². The number of anilines is 1. The average Bonchev–Trinajstić information content (AvgIpc) is 3.21. The summed E-state index contributed by atoms with van der Waals surface area (Å²) >= 11 is 0. The zero-order valence-electron chi connectivity index (χ0n) is 17.3. The first-order valence-electron chi connectivity index (χ1n) is 10.4. The number of esters is 1. The molecule has 0 bridgehead atoms. The second-order valence-corrected chi connectivity index (χ2v) is 7.79. The van der Waals surface area contributed by atoms with Crippen LogP contribution in [0.25, 0.3) is 0 Å². The maximum Gasteiger partial charge on any atom is 0.339 e. The van der Waals surface area contributed by atoms with E-state index in [1.807, 2.05) is 6.92 Å². The van der Waals surface area contributed by atoms with Crippen LogP contribution in [0.15, 0.2) is 29.4 Å². The highest BCUT2D eigenvalue weighted by molar-refractivity contribution is 6.03. The van der Waals surface area contributed by atoms with Crippen LogP contribution in [0.4, 0.5) is 5.69 Å². The Morgan fingerprint density at radius 2 is 1.97 bits per heavy atom. The fraction of sp³-hybridized carbons (Fsp3) is 0.524. The van der Waals surface area contributed by atoms with Crippen LogP contribution in [0.3, 0.4) is 0 Å². The summed E-state index contributed by atoms with van der Waals surface area (Å²) in [6, 6.07) is 6.80. The number of para-hydroxylation sites is 1. The van der Waals surface area contributed by atoms with Crippen molar-refractivity contribution in [2.75, 3.05) is 19.0 Å². The van der Waals surface area contributed by atoms with Gasteiger partial charge in [-0.1, -0.05) is 31.9 Å². The predicted molar refractivity (Wildman–Crippen MR) is 111 cm³/mol. The topological polar surface area (TPSA) is 103 Å². The number of hydrazone groups is 1. The van der Waals surface area contributed by atoms with Crippen LogP contribution in [-0.2, 0) is 14.3 Å². The van der Waals surface area contributed by atoms with Crippen LogP contribution in [0.2, 0.25) is 0 Å². The lowest BCUT2D eigenvalue weighted by molar-refractivity contribution is -0.151. The summed E-state index contributed by atoms with van der Waals surface area (Å²) in [5.41, 5.74) is 3.60. The quantitative estimate of drug-likeness (QED) is 0.710. The molecule has 2 fully saturated rings. The van der Waals surface area contributed by atoms with E-state index < -0.39 is 12.1 Å². The molecule has 1 aliphatic carbocycles. The first kappa shape index (κ1) is 20.2. The molecule has 3 unspecified atom stereocenters. The second kappa shape index (κ2) is 8.33. The molecular weight excluding hydrogens is 386 g/mol. The number of carbonyl (C=O) groups is 3. The molecule has 0 radical (unpaired) electrons. The third-order valence-electron chi connectivity index (χ3n) is 6.10. The van der Waals surface area contributed by atoms with Crippen LogP contribution in [0.1, 0.15) is 49.4 Å². The van der Waals surface area contributed by atoms with Gasteiger partial charge in [-0.2, -0.15) is 5.10 Å². The maximum absolute atomic E-state index is 13.2. The normalized spacial score (nSPS) is 25.1. The van der Waals surface area contributed by atoms with Crippen molar-refractivity contribution >= 4 is 29.3 Å². The summed E-state index contributed by atoms with van der Waals surface area (Å²) in [7, 11) is 1.30. The highest BCUT2D eigenvalue weighted by Crippen LogP contribution is 2.35. The molecule has 0 spiro atoms. The number of nitrogens with one attached hydrogen (secondary N) is 2. The Labute approximate surface area is 175 Å². The lowest BCUT2D eigenvalue weighted by atomic mass is 9.85. The third kappa shape index (κ3) is 3.48. The zero-order valence-corrected chi connectivity index (χ0v) is 17.3. The van der Waals surface area contributed by atoms with Crippen molar-refractivity contribution in [2.24, 2.45) is 5.10 Å². The summed E-state index contributed by atoms with van der Waals surface area (Å²) in [6.07, 6.45) is 4.17. The number of amides is 2.